The van der Waals surface area contributed by atoms with Gasteiger partial charge in [-0.2, -0.15) is 0 Å². The van der Waals surface area contributed by atoms with E-state index in [0.717, 1.165) is 32.4 Å². The largest absolute Gasteiger partial charge is 0.390 e. The minimum absolute atomic E-state index is 0.0589. The van der Waals surface area contributed by atoms with Crippen LogP contribution in [0.3, 0.4) is 0 Å². The summed E-state index contributed by atoms with van der Waals surface area (Å²) in [7, 11) is 0. The fourth-order valence-electron chi connectivity index (χ4n) is 3.85. The molecule has 0 unspecified atom stereocenters. The van der Waals surface area contributed by atoms with E-state index >= 15 is 0 Å². The number of likely N-dealkylation sites (tertiary alicyclic amines) is 1. The van der Waals surface area contributed by atoms with Crippen molar-refractivity contribution in [2.45, 2.75) is 51.6 Å². The molecule has 1 heterocycles. The van der Waals surface area contributed by atoms with E-state index in [-0.39, 0.29) is 11.8 Å². The lowest BCUT2D eigenvalue weighted by Crippen LogP contribution is -2.51. The van der Waals surface area contributed by atoms with Crippen LogP contribution < -0.4 is 0 Å². The zero-order chi connectivity index (χ0) is 15.7. The lowest BCUT2D eigenvalue weighted by Gasteiger charge is -2.43. The van der Waals surface area contributed by atoms with Crippen molar-refractivity contribution in [1.82, 2.24) is 4.90 Å². The van der Waals surface area contributed by atoms with E-state index in [1.165, 1.54) is 11.1 Å². The number of rotatable bonds is 3. The van der Waals surface area contributed by atoms with Gasteiger partial charge in [-0.1, -0.05) is 29.8 Å². The Balaban J connectivity index is 1.46. The maximum Gasteiger partial charge on any atom is 0.225 e. The Labute approximate surface area is 133 Å². The van der Waals surface area contributed by atoms with Crippen molar-refractivity contribution < 1.29 is 9.90 Å². The molecule has 1 aromatic rings. The molecule has 120 valence electrons. The maximum absolute atomic E-state index is 12.4. The van der Waals surface area contributed by atoms with E-state index in [1.54, 1.807) is 0 Å². The summed E-state index contributed by atoms with van der Waals surface area (Å²) in [5, 5.41) is 9.79. The van der Waals surface area contributed by atoms with Crippen molar-refractivity contribution in [3.05, 3.63) is 35.4 Å². The van der Waals surface area contributed by atoms with Crippen molar-refractivity contribution >= 4 is 5.91 Å². The van der Waals surface area contributed by atoms with Crippen LogP contribution in [0.4, 0.5) is 0 Å². The molecule has 1 aliphatic carbocycles. The second-order valence-corrected chi connectivity index (χ2v) is 7.56. The van der Waals surface area contributed by atoms with Gasteiger partial charge in [-0.25, -0.2) is 0 Å². The number of benzene rings is 1. The number of hydrogen-bond donors (Lipinski definition) is 1. The summed E-state index contributed by atoms with van der Waals surface area (Å²) >= 11 is 0. The van der Waals surface area contributed by atoms with Gasteiger partial charge < -0.3 is 10.0 Å². The highest BCUT2D eigenvalue weighted by molar-refractivity contribution is 5.80. The van der Waals surface area contributed by atoms with Gasteiger partial charge in [0, 0.05) is 19.0 Å². The highest BCUT2D eigenvalue weighted by Crippen LogP contribution is 2.39. The first kappa shape index (κ1) is 15.5. The first-order chi connectivity index (χ1) is 10.4. The van der Waals surface area contributed by atoms with Crippen molar-refractivity contribution in [2.75, 3.05) is 13.1 Å². The van der Waals surface area contributed by atoms with Crippen LogP contribution in [-0.2, 0) is 11.2 Å². The summed E-state index contributed by atoms with van der Waals surface area (Å²) < 4.78 is 0. The number of carbonyl (C=O) groups is 1. The van der Waals surface area contributed by atoms with E-state index in [4.69, 9.17) is 0 Å². The van der Waals surface area contributed by atoms with Crippen molar-refractivity contribution in [1.29, 1.82) is 0 Å². The molecule has 2 fully saturated rings. The van der Waals surface area contributed by atoms with Gasteiger partial charge in [0.2, 0.25) is 5.91 Å². The molecule has 2 aliphatic rings. The highest BCUT2D eigenvalue weighted by atomic mass is 16.3. The van der Waals surface area contributed by atoms with Gasteiger partial charge in [0.25, 0.3) is 0 Å². The van der Waals surface area contributed by atoms with Gasteiger partial charge in [0.05, 0.1) is 5.60 Å². The van der Waals surface area contributed by atoms with Crippen LogP contribution >= 0.6 is 0 Å². The van der Waals surface area contributed by atoms with Crippen LogP contribution in [-0.4, -0.2) is 34.6 Å². The molecular formula is C19H27NO2. The summed E-state index contributed by atoms with van der Waals surface area (Å²) in [6.07, 6.45) is 4.59. The third kappa shape index (κ3) is 3.52. The van der Waals surface area contributed by atoms with E-state index in [0.29, 0.717) is 18.8 Å². The van der Waals surface area contributed by atoms with Crippen LogP contribution in [0, 0.1) is 18.8 Å². The molecule has 3 nitrogen and oxygen atoms in total. The highest BCUT2D eigenvalue weighted by Gasteiger charge is 2.44. The SMILES string of the molecule is Cc1ccc(CC2CCN(C(=O)[C@H]3C[C@@](C)(O)C3)CC2)cc1. The fraction of sp³-hybridized carbons (Fsp3) is 0.632. The molecule has 0 radical (unpaired) electrons. The molecular weight excluding hydrogens is 274 g/mol. The summed E-state index contributed by atoms with van der Waals surface area (Å²) in [6.45, 7) is 5.71. The molecule has 0 atom stereocenters. The lowest BCUT2D eigenvalue weighted by molar-refractivity contribution is -0.151. The zero-order valence-electron chi connectivity index (χ0n) is 13.7. The van der Waals surface area contributed by atoms with E-state index in [2.05, 4.69) is 31.2 Å². The normalized spacial score (nSPS) is 29.2. The van der Waals surface area contributed by atoms with E-state index in [1.807, 2.05) is 11.8 Å². The Morgan fingerprint density at radius 2 is 1.82 bits per heavy atom. The lowest BCUT2D eigenvalue weighted by atomic mass is 9.71. The predicted octanol–water partition coefficient (Wildman–Crippen LogP) is 2.94. The molecule has 1 aliphatic heterocycles. The Bertz CT molecular complexity index is 519. The average Bonchev–Trinajstić information content (AvgIpc) is 2.47. The second-order valence-electron chi connectivity index (χ2n) is 7.56. The first-order valence-electron chi connectivity index (χ1n) is 8.50. The monoisotopic (exact) mass is 301 g/mol. The molecule has 1 amide bonds. The molecule has 1 aromatic carbocycles. The quantitative estimate of drug-likeness (QED) is 0.932. The van der Waals surface area contributed by atoms with Crippen LogP contribution in [0.1, 0.15) is 43.7 Å². The predicted molar refractivity (Wildman–Crippen MR) is 87.5 cm³/mol. The third-order valence-electron chi connectivity index (χ3n) is 5.29. The zero-order valence-corrected chi connectivity index (χ0v) is 13.7. The van der Waals surface area contributed by atoms with Crippen molar-refractivity contribution in [2.24, 2.45) is 11.8 Å². The van der Waals surface area contributed by atoms with Gasteiger partial charge in [-0.3, -0.25) is 4.79 Å². The Kier molecular flexibility index (Phi) is 4.26. The number of amides is 1. The molecule has 0 spiro atoms. The van der Waals surface area contributed by atoms with E-state index in [9.17, 15) is 9.90 Å². The molecule has 0 aromatic heterocycles. The molecule has 1 saturated heterocycles. The third-order valence-corrected chi connectivity index (χ3v) is 5.29. The molecule has 3 heteroatoms. The molecule has 22 heavy (non-hydrogen) atoms. The number of aryl methyl sites for hydroxylation is 1. The number of hydrogen-bond acceptors (Lipinski definition) is 2. The van der Waals surface area contributed by atoms with Gasteiger partial charge in [-0.15, -0.1) is 0 Å². The number of nitrogens with zero attached hydrogens (tertiary/aromatic N) is 1. The molecule has 1 saturated carbocycles. The van der Waals surface area contributed by atoms with Crippen molar-refractivity contribution in [3.63, 3.8) is 0 Å². The first-order valence-corrected chi connectivity index (χ1v) is 8.50. The molecule has 3 rings (SSSR count). The molecule has 0 bridgehead atoms. The number of piperidine rings is 1. The smallest absolute Gasteiger partial charge is 0.225 e. The van der Waals surface area contributed by atoms with E-state index < -0.39 is 5.60 Å². The van der Waals surface area contributed by atoms with Gasteiger partial charge in [-0.05, 0) is 57.4 Å². The Morgan fingerprint density at radius 3 is 2.36 bits per heavy atom. The summed E-state index contributed by atoms with van der Waals surface area (Å²) in [5.41, 5.74) is 2.11. The summed E-state index contributed by atoms with van der Waals surface area (Å²) in [4.78, 5) is 14.4. The van der Waals surface area contributed by atoms with Crippen LogP contribution in [0.15, 0.2) is 24.3 Å². The second kappa shape index (κ2) is 6.04. The van der Waals surface area contributed by atoms with Crippen LogP contribution in [0.25, 0.3) is 0 Å². The van der Waals surface area contributed by atoms with Crippen molar-refractivity contribution in [3.8, 4) is 0 Å². The minimum Gasteiger partial charge on any atom is -0.390 e. The average molecular weight is 301 g/mol. The van der Waals surface area contributed by atoms with Gasteiger partial charge in [0.15, 0.2) is 0 Å². The standard InChI is InChI=1S/C19H27NO2/c1-14-3-5-15(6-4-14)11-16-7-9-20(10-8-16)18(21)17-12-19(2,22)13-17/h3-6,16-17,22H,7-13H2,1-2H3/t17-,19+. The van der Waals surface area contributed by atoms with Crippen LogP contribution in [0.5, 0.6) is 0 Å². The van der Waals surface area contributed by atoms with Gasteiger partial charge >= 0.3 is 0 Å². The summed E-state index contributed by atoms with van der Waals surface area (Å²) in [5.74, 6) is 1.01. The minimum atomic E-state index is -0.607. The number of carbonyl (C=O) groups excluding carboxylic acids is 1. The maximum atomic E-state index is 12.4. The van der Waals surface area contributed by atoms with Gasteiger partial charge in [0.1, 0.15) is 0 Å². The summed E-state index contributed by atoms with van der Waals surface area (Å²) in [6, 6.07) is 8.81. The van der Waals surface area contributed by atoms with Crippen LogP contribution in [0.2, 0.25) is 0 Å². The Morgan fingerprint density at radius 1 is 1.23 bits per heavy atom. The number of aliphatic hydroxyl groups is 1. The Hall–Kier alpha value is -1.35. The fourth-order valence-corrected chi connectivity index (χ4v) is 3.85. The topological polar surface area (TPSA) is 40.5 Å². The molecule has 1 N–H and O–H groups in total.